The van der Waals surface area contributed by atoms with Gasteiger partial charge in [-0.15, -0.1) is 0 Å². The minimum atomic E-state index is 0.268. The van der Waals surface area contributed by atoms with Crippen LogP contribution < -0.4 is 11.1 Å². The van der Waals surface area contributed by atoms with Crippen LogP contribution >= 0.6 is 0 Å². The van der Waals surface area contributed by atoms with Gasteiger partial charge in [-0.25, -0.2) is 0 Å². The molecule has 4 heteroatoms. The molecule has 0 aliphatic rings. The molecule has 0 radical (unpaired) electrons. The number of oxime groups is 1. The van der Waals surface area contributed by atoms with E-state index in [4.69, 9.17) is 10.9 Å². The average Bonchev–Trinajstić information content (AvgIpc) is 2.39. The van der Waals surface area contributed by atoms with Gasteiger partial charge in [0.25, 0.3) is 0 Å². The molecule has 1 aromatic carbocycles. The fourth-order valence-electron chi connectivity index (χ4n) is 1.96. The highest BCUT2D eigenvalue weighted by Gasteiger charge is 2.08. The fourth-order valence-corrected chi connectivity index (χ4v) is 1.96. The first-order valence-electron chi connectivity index (χ1n) is 6.41. The molecule has 0 aromatic heterocycles. The number of benzene rings is 1. The Labute approximate surface area is 109 Å². The minimum absolute atomic E-state index is 0.268. The minimum Gasteiger partial charge on any atom is -0.409 e. The van der Waals surface area contributed by atoms with Gasteiger partial charge in [0.1, 0.15) is 5.84 Å². The third kappa shape index (κ3) is 4.75. The molecule has 100 valence electrons. The Bertz CT molecular complexity index is 390. The maximum Gasteiger partial charge on any atom is 0.140 e. The van der Waals surface area contributed by atoms with Crippen LogP contribution in [0, 0.1) is 6.92 Å². The summed E-state index contributed by atoms with van der Waals surface area (Å²) < 4.78 is 0. The van der Waals surface area contributed by atoms with Gasteiger partial charge in [0.15, 0.2) is 0 Å². The summed E-state index contributed by atoms with van der Waals surface area (Å²) in [6.45, 7) is 5.13. The molecule has 4 nitrogen and oxygen atoms in total. The number of nitrogens with two attached hydrogens (primary N) is 1. The summed E-state index contributed by atoms with van der Waals surface area (Å²) in [5, 5.41) is 15.0. The summed E-state index contributed by atoms with van der Waals surface area (Å²) in [4.78, 5) is 0. The highest BCUT2D eigenvalue weighted by atomic mass is 16.4. The monoisotopic (exact) mass is 249 g/mol. The summed E-state index contributed by atoms with van der Waals surface area (Å²) in [6, 6.07) is 8.67. The van der Waals surface area contributed by atoms with Crippen LogP contribution in [0.3, 0.4) is 0 Å². The van der Waals surface area contributed by atoms with Crippen molar-refractivity contribution in [2.75, 3.05) is 6.54 Å². The van der Waals surface area contributed by atoms with Gasteiger partial charge in [0.2, 0.25) is 0 Å². The van der Waals surface area contributed by atoms with Gasteiger partial charge in [-0.3, -0.25) is 0 Å². The van der Waals surface area contributed by atoms with Crippen molar-refractivity contribution in [2.45, 2.75) is 39.2 Å². The lowest BCUT2D eigenvalue weighted by atomic mass is 10.1. The van der Waals surface area contributed by atoms with E-state index in [1.807, 2.05) is 0 Å². The average molecular weight is 249 g/mol. The summed E-state index contributed by atoms with van der Waals surface area (Å²) in [7, 11) is 0. The molecular formula is C14H23N3O. The zero-order valence-corrected chi connectivity index (χ0v) is 11.2. The van der Waals surface area contributed by atoms with Gasteiger partial charge in [0, 0.05) is 12.5 Å². The summed E-state index contributed by atoms with van der Waals surface area (Å²) in [5.74, 6) is 0.283. The van der Waals surface area contributed by atoms with E-state index in [1.54, 1.807) is 0 Å². The van der Waals surface area contributed by atoms with Crippen LogP contribution in [0.2, 0.25) is 0 Å². The van der Waals surface area contributed by atoms with E-state index in [1.165, 1.54) is 11.1 Å². The Morgan fingerprint density at radius 2 is 2.17 bits per heavy atom. The molecule has 0 bridgehead atoms. The van der Waals surface area contributed by atoms with Crippen LogP contribution in [0.15, 0.2) is 29.4 Å². The molecule has 0 spiro atoms. The van der Waals surface area contributed by atoms with Crippen molar-refractivity contribution in [3.05, 3.63) is 35.4 Å². The third-order valence-corrected chi connectivity index (χ3v) is 3.17. The highest BCUT2D eigenvalue weighted by molar-refractivity contribution is 5.80. The van der Waals surface area contributed by atoms with Crippen LogP contribution in [-0.4, -0.2) is 23.6 Å². The van der Waals surface area contributed by atoms with Gasteiger partial charge < -0.3 is 16.3 Å². The number of aryl methyl sites for hydroxylation is 1. The van der Waals surface area contributed by atoms with Crippen LogP contribution in [0.1, 0.15) is 30.9 Å². The molecule has 0 amide bonds. The van der Waals surface area contributed by atoms with Crippen molar-refractivity contribution in [2.24, 2.45) is 10.9 Å². The Balaban J connectivity index is 2.38. The fraction of sp³-hybridized carbons (Fsp3) is 0.500. The molecule has 0 aliphatic heterocycles. The predicted molar refractivity (Wildman–Crippen MR) is 75.0 cm³/mol. The zero-order valence-electron chi connectivity index (χ0n) is 11.2. The standard InChI is InChI=1S/C14H23N3O/c1-3-13(10-14(15)17-18)16-9-8-12-7-5-4-6-11(12)2/h4-7,13,16,18H,3,8-10H2,1-2H3,(H2,15,17). The Kier molecular flexibility index (Phi) is 6.22. The van der Waals surface area contributed by atoms with E-state index in [9.17, 15) is 0 Å². The second kappa shape index (κ2) is 7.71. The van der Waals surface area contributed by atoms with E-state index < -0.39 is 0 Å². The van der Waals surface area contributed by atoms with E-state index in [-0.39, 0.29) is 11.9 Å². The van der Waals surface area contributed by atoms with Crippen molar-refractivity contribution in [3.63, 3.8) is 0 Å². The van der Waals surface area contributed by atoms with E-state index in [2.05, 4.69) is 48.6 Å². The molecule has 18 heavy (non-hydrogen) atoms. The van der Waals surface area contributed by atoms with Crippen LogP contribution in [0.25, 0.3) is 0 Å². The molecule has 0 aliphatic carbocycles. The first-order chi connectivity index (χ1) is 8.67. The number of nitrogens with one attached hydrogen (secondary N) is 1. The molecular weight excluding hydrogens is 226 g/mol. The van der Waals surface area contributed by atoms with Crippen molar-refractivity contribution >= 4 is 5.84 Å². The van der Waals surface area contributed by atoms with Gasteiger partial charge in [-0.1, -0.05) is 36.3 Å². The Morgan fingerprint density at radius 1 is 1.44 bits per heavy atom. The normalized spacial score (nSPS) is 13.6. The summed E-state index contributed by atoms with van der Waals surface area (Å²) in [5.41, 5.74) is 8.20. The topological polar surface area (TPSA) is 70.6 Å². The molecule has 1 atom stereocenters. The van der Waals surface area contributed by atoms with Crippen LogP contribution in [0.4, 0.5) is 0 Å². The first-order valence-corrected chi connectivity index (χ1v) is 6.41. The molecule has 0 saturated heterocycles. The summed E-state index contributed by atoms with van der Waals surface area (Å²) in [6.07, 6.45) is 2.55. The second-order valence-corrected chi connectivity index (χ2v) is 4.53. The second-order valence-electron chi connectivity index (χ2n) is 4.53. The number of rotatable bonds is 7. The number of amidine groups is 1. The zero-order chi connectivity index (χ0) is 13.4. The van der Waals surface area contributed by atoms with Crippen molar-refractivity contribution in [1.29, 1.82) is 0 Å². The number of hydrogen-bond donors (Lipinski definition) is 3. The number of nitrogens with zero attached hydrogens (tertiary/aromatic N) is 1. The van der Waals surface area contributed by atoms with Crippen molar-refractivity contribution in [1.82, 2.24) is 5.32 Å². The molecule has 1 unspecified atom stereocenters. The van der Waals surface area contributed by atoms with Gasteiger partial charge in [0.05, 0.1) is 0 Å². The predicted octanol–water partition coefficient (Wildman–Crippen LogP) is 2.04. The van der Waals surface area contributed by atoms with Crippen molar-refractivity contribution < 1.29 is 5.21 Å². The lowest BCUT2D eigenvalue weighted by molar-refractivity contribution is 0.315. The molecule has 4 N–H and O–H groups in total. The van der Waals surface area contributed by atoms with E-state index in [0.29, 0.717) is 6.42 Å². The third-order valence-electron chi connectivity index (χ3n) is 3.17. The highest BCUT2D eigenvalue weighted by Crippen LogP contribution is 2.07. The smallest absolute Gasteiger partial charge is 0.140 e. The Hall–Kier alpha value is -1.55. The molecule has 1 aromatic rings. The maximum absolute atomic E-state index is 8.55. The molecule has 0 saturated carbocycles. The van der Waals surface area contributed by atoms with Gasteiger partial charge in [-0.2, -0.15) is 0 Å². The molecule has 0 heterocycles. The summed E-state index contributed by atoms with van der Waals surface area (Å²) >= 11 is 0. The number of hydrogen-bond acceptors (Lipinski definition) is 3. The Morgan fingerprint density at radius 3 is 2.78 bits per heavy atom. The van der Waals surface area contributed by atoms with Crippen LogP contribution in [0.5, 0.6) is 0 Å². The molecule has 1 rings (SSSR count). The molecule has 0 fully saturated rings. The largest absolute Gasteiger partial charge is 0.409 e. The SMILES string of the molecule is CCC(CC(N)=NO)NCCc1ccccc1C. The van der Waals surface area contributed by atoms with Gasteiger partial charge >= 0.3 is 0 Å². The van der Waals surface area contributed by atoms with E-state index >= 15 is 0 Å². The van der Waals surface area contributed by atoms with Gasteiger partial charge in [-0.05, 0) is 37.4 Å². The van der Waals surface area contributed by atoms with Crippen LogP contribution in [-0.2, 0) is 6.42 Å². The van der Waals surface area contributed by atoms with E-state index in [0.717, 1.165) is 19.4 Å². The quantitative estimate of drug-likeness (QED) is 0.300. The maximum atomic E-state index is 8.55. The lowest BCUT2D eigenvalue weighted by Crippen LogP contribution is -2.34. The lowest BCUT2D eigenvalue weighted by Gasteiger charge is -2.16. The first kappa shape index (κ1) is 14.5. The van der Waals surface area contributed by atoms with Crippen molar-refractivity contribution in [3.8, 4) is 0 Å².